The van der Waals surface area contributed by atoms with Crippen LogP contribution in [0.2, 0.25) is 0 Å². The van der Waals surface area contributed by atoms with E-state index in [1.54, 1.807) is 0 Å². The van der Waals surface area contributed by atoms with Crippen molar-refractivity contribution < 1.29 is 9.59 Å². The van der Waals surface area contributed by atoms with Gasteiger partial charge in [-0.25, -0.2) is 0 Å². The number of nitrogens with zero attached hydrogens (tertiary/aromatic N) is 3. The lowest BCUT2D eigenvalue weighted by atomic mass is 9.49. The Balaban J connectivity index is 1.53. The Morgan fingerprint density at radius 1 is 1.11 bits per heavy atom. The van der Waals surface area contributed by atoms with Gasteiger partial charge in [-0.1, -0.05) is 58.1 Å². The summed E-state index contributed by atoms with van der Waals surface area (Å²) in [5.41, 5.74) is 1.38. The molecule has 0 aromatic carbocycles. The van der Waals surface area contributed by atoms with Crippen LogP contribution in [0.4, 0.5) is 0 Å². The maximum Gasteiger partial charge on any atom is 0.229 e. The largest absolute Gasteiger partial charge is 0.340 e. The summed E-state index contributed by atoms with van der Waals surface area (Å²) < 4.78 is 0. The van der Waals surface area contributed by atoms with Crippen molar-refractivity contribution in [2.45, 2.75) is 86.0 Å². The van der Waals surface area contributed by atoms with E-state index in [-0.39, 0.29) is 5.91 Å². The molecule has 0 N–H and O–H groups in total. The molecule has 3 aliphatic carbocycles. The number of carbonyl (C=O) groups is 2. The number of fused-ring (bicyclic) bond motifs is 1. The van der Waals surface area contributed by atoms with Gasteiger partial charge in [-0.2, -0.15) is 0 Å². The quantitative estimate of drug-likeness (QED) is 0.186. The van der Waals surface area contributed by atoms with Crippen molar-refractivity contribution in [2.75, 3.05) is 51.7 Å². The van der Waals surface area contributed by atoms with Crippen molar-refractivity contribution in [3.8, 4) is 0 Å². The molecule has 0 spiro atoms. The van der Waals surface area contributed by atoms with Gasteiger partial charge in [0.15, 0.2) is 0 Å². The van der Waals surface area contributed by atoms with Gasteiger partial charge < -0.3 is 9.80 Å². The van der Waals surface area contributed by atoms with Crippen LogP contribution in [0.5, 0.6) is 0 Å². The smallest absolute Gasteiger partial charge is 0.229 e. The molecule has 1 saturated heterocycles. The third-order valence-electron chi connectivity index (χ3n) is 9.06. The van der Waals surface area contributed by atoms with Crippen LogP contribution in [0.3, 0.4) is 0 Å². The predicted molar refractivity (Wildman–Crippen MR) is 146 cm³/mol. The molecule has 2 bridgehead atoms. The zero-order valence-electron chi connectivity index (χ0n) is 23.1. The van der Waals surface area contributed by atoms with Crippen molar-refractivity contribution >= 4 is 23.4 Å². The minimum absolute atomic E-state index is 0.151. The van der Waals surface area contributed by atoms with Crippen LogP contribution >= 0.6 is 11.6 Å². The van der Waals surface area contributed by atoms with E-state index in [9.17, 15) is 9.59 Å². The van der Waals surface area contributed by atoms with E-state index in [0.717, 1.165) is 64.6 Å². The number of rotatable bonds is 13. The van der Waals surface area contributed by atoms with Crippen molar-refractivity contribution in [1.82, 2.24) is 14.7 Å². The fourth-order valence-electron chi connectivity index (χ4n) is 6.13. The molecule has 0 aromatic rings. The van der Waals surface area contributed by atoms with Gasteiger partial charge >= 0.3 is 0 Å². The Bertz CT molecular complexity index is 755. The molecular formula is C29H50ClN3O2. The standard InChI is InChI=1S/C29H50ClN3O2/c1-6-7-8-9-10-11-26(34)33(21-23-12-13-24-20-25(23)29(24,4)5)19-16-31-14-17-32(18-15-31)27(35)28(2,3)22-30/h12,24-25H,6-11,13-22H2,1-5H3. The summed E-state index contributed by atoms with van der Waals surface area (Å²) in [6.45, 7) is 16.6. The van der Waals surface area contributed by atoms with Gasteiger partial charge in [-0.15, -0.1) is 11.6 Å². The van der Waals surface area contributed by atoms with Crippen molar-refractivity contribution in [1.29, 1.82) is 0 Å². The van der Waals surface area contributed by atoms with Crippen molar-refractivity contribution in [3.63, 3.8) is 0 Å². The SMILES string of the molecule is CCCCCCCC(=O)N(CCN1CCN(C(=O)C(C)(C)CCl)CC1)CC1=CCC2CC1C2(C)C. The molecule has 1 aliphatic heterocycles. The Kier molecular flexibility index (Phi) is 10.1. The van der Waals surface area contributed by atoms with Crippen LogP contribution in [-0.4, -0.2) is 78.2 Å². The van der Waals surface area contributed by atoms with Gasteiger partial charge in [0.2, 0.25) is 11.8 Å². The van der Waals surface area contributed by atoms with Gasteiger partial charge in [0.05, 0.1) is 5.41 Å². The summed E-state index contributed by atoms with van der Waals surface area (Å²) in [4.78, 5) is 32.6. The first kappa shape index (κ1) is 28.5. The van der Waals surface area contributed by atoms with Gasteiger partial charge in [-0.3, -0.25) is 14.5 Å². The maximum atomic E-state index is 13.3. The number of piperazine rings is 1. The number of carbonyl (C=O) groups excluding carboxylic acids is 2. The Morgan fingerprint density at radius 2 is 1.80 bits per heavy atom. The van der Waals surface area contributed by atoms with E-state index < -0.39 is 5.41 Å². The van der Waals surface area contributed by atoms with Gasteiger partial charge in [0, 0.05) is 58.1 Å². The normalized spacial score (nSPS) is 24.1. The monoisotopic (exact) mass is 507 g/mol. The third-order valence-corrected chi connectivity index (χ3v) is 9.73. The zero-order valence-corrected chi connectivity index (χ0v) is 23.8. The number of halogens is 1. The Labute approximate surface area is 219 Å². The second-order valence-corrected chi connectivity index (χ2v) is 12.7. The molecule has 2 fully saturated rings. The molecule has 2 amide bonds. The number of hydrogen-bond donors (Lipinski definition) is 0. The molecule has 0 radical (unpaired) electrons. The first-order valence-electron chi connectivity index (χ1n) is 14.1. The molecular weight excluding hydrogens is 458 g/mol. The highest BCUT2D eigenvalue weighted by atomic mass is 35.5. The average Bonchev–Trinajstić information content (AvgIpc) is 2.86. The molecule has 1 heterocycles. The molecule has 200 valence electrons. The Hall–Kier alpha value is -1.07. The molecule has 6 heteroatoms. The van der Waals surface area contributed by atoms with Crippen LogP contribution in [0.15, 0.2) is 11.6 Å². The number of alkyl halides is 1. The first-order chi connectivity index (χ1) is 16.6. The zero-order chi connectivity index (χ0) is 25.6. The van der Waals surface area contributed by atoms with Gasteiger partial charge in [0.1, 0.15) is 0 Å². The number of allylic oxidation sites excluding steroid dienone is 1. The molecule has 2 atom stereocenters. The number of hydrogen-bond acceptors (Lipinski definition) is 3. The van der Waals surface area contributed by atoms with Gasteiger partial charge in [-0.05, 0) is 50.4 Å². The molecule has 4 aliphatic rings. The van der Waals surface area contributed by atoms with E-state index in [0.29, 0.717) is 29.5 Å². The minimum Gasteiger partial charge on any atom is -0.340 e. The van der Waals surface area contributed by atoms with Crippen LogP contribution in [0.1, 0.15) is 86.0 Å². The topological polar surface area (TPSA) is 43.9 Å². The highest BCUT2D eigenvalue weighted by molar-refractivity contribution is 6.19. The number of amides is 2. The van der Waals surface area contributed by atoms with Crippen LogP contribution < -0.4 is 0 Å². The molecule has 5 nitrogen and oxygen atoms in total. The van der Waals surface area contributed by atoms with Crippen molar-refractivity contribution in [3.05, 3.63) is 11.6 Å². The van der Waals surface area contributed by atoms with Crippen LogP contribution in [0.25, 0.3) is 0 Å². The van der Waals surface area contributed by atoms with Crippen molar-refractivity contribution in [2.24, 2.45) is 22.7 Å². The third kappa shape index (κ3) is 7.03. The molecule has 2 unspecified atom stereocenters. The molecule has 4 rings (SSSR count). The summed E-state index contributed by atoms with van der Waals surface area (Å²) in [5.74, 6) is 2.27. The minimum atomic E-state index is -0.508. The first-order valence-corrected chi connectivity index (χ1v) is 14.7. The summed E-state index contributed by atoms with van der Waals surface area (Å²) in [6, 6.07) is 0. The second kappa shape index (κ2) is 12.4. The Morgan fingerprint density at radius 3 is 2.40 bits per heavy atom. The second-order valence-electron chi connectivity index (χ2n) is 12.5. The lowest BCUT2D eigenvalue weighted by Crippen LogP contribution is -2.54. The molecule has 1 saturated carbocycles. The number of unbranched alkanes of at least 4 members (excludes halogenated alkanes) is 4. The maximum absolute atomic E-state index is 13.3. The molecule has 0 aromatic heterocycles. The van der Waals surface area contributed by atoms with Gasteiger partial charge in [0.25, 0.3) is 0 Å². The van der Waals surface area contributed by atoms with E-state index in [2.05, 4.69) is 36.6 Å². The highest BCUT2D eigenvalue weighted by Crippen LogP contribution is 2.59. The summed E-state index contributed by atoms with van der Waals surface area (Å²) >= 11 is 6.02. The summed E-state index contributed by atoms with van der Waals surface area (Å²) in [6.07, 6.45) is 11.5. The fraction of sp³-hybridized carbons (Fsp3) is 0.862. The predicted octanol–water partition coefficient (Wildman–Crippen LogP) is 5.58. The van der Waals surface area contributed by atoms with E-state index in [1.165, 1.54) is 37.7 Å². The van der Waals surface area contributed by atoms with Crippen LogP contribution in [-0.2, 0) is 9.59 Å². The average molecular weight is 508 g/mol. The van der Waals surface area contributed by atoms with E-state index in [4.69, 9.17) is 11.6 Å². The van der Waals surface area contributed by atoms with E-state index in [1.807, 2.05) is 18.7 Å². The lowest BCUT2D eigenvalue weighted by molar-refractivity contribution is -0.141. The van der Waals surface area contributed by atoms with Crippen LogP contribution in [0, 0.1) is 22.7 Å². The highest BCUT2D eigenvalue weighted by Gasteiger charge is 2.51. The summed E-state index contributed by atoms with van der Waals surface area (Å²) in [7, 11) is 0. The van der Waals surface area contributed by atoms with E-state index >= 15 is 0 Å². The fourth-order valence-corrected chi connectivity index (χ4v) is 6.24. The molecule has 35 heavy (non-hydrogen) atoms. The lowest BCUT2D eigenvalue weighted by Gasteiger charge is -2.57. The summed E-state index contributed by atoms with van der Waals surface area (Å²) in [5, 5.41) is 0.